The lowest BCUT2D eigenvalue weighted by Crippen LogP contribution is -2.41. The third-order valence-electron chi connectivity index (χ3n) is 2.41. The van der Waals surface area contributed by atoms with Crippen LogP contribution in [0.3, 0.4) is 0 Å². The van der Waals surface area contributed by atoms with Gasteiger partial charge in [0.25, 0.3) is 0 Å². The fourth-order valence-corrected chi connectivity index (χ4v) is 2.10. The molecule has 2 N–H and O–H groups in total. The number of hydrogen-bond donors (Lipinski definition) is 4. The summed E-state index contributed by atoms with van der Waals surface area (Å²) in [6, 6.07) is -0.278. The lowest BCUT2D eigenvalue weighted by atomic mass is 10.00. The number of rotatable bonds is 9. The number of Topliss-reactive ketones (excluding diaryl/α,β-unsaturated/α-hetero) is 1. The highest BCUT2D eigenvalue weighted by atomic mass is 32.1. The van der Waals surface area contributed by atoms with Gasteiger partial charge in [-0.05, 0) is 13.5 Å². The van der Waals surface area contributed by atoms with Gasteiger partial charge in [-0.25, -0.2) is 0 Å². The zero-order chi connectivity index (χ0) is 13.3. The standard InChI is InChI=1S/C11H22N2O2S2/c1-3-12-9(7-17)10(14)5-8(6-16)11(15)13-4-2/h8-9,12,16-17H,3-7H2,1-2H3,(H,13,15)/t8-,9-/m0/s1. The van der Waals surface area contributed by atoms with Gasteiger partial charge in [-0.1, -0.05) is 6.92 Å². The molecule has 4 nitrogen and oxygen atoms in total. The molecule has 0 aromatic carbocycles. The summed E-state index contributed by atoms with van der Waals surface area (Å²) in [4.78, 5) is 23.5. The van der Waals surface area contributed by atoms with Crippen LogP contribution in [-0.4, -0.2) is 42.3 Å². The molecule has 0 aromatic heterocycles. The van der Waals surface area contributed by atoms with Gasteiger partial charge >= 0.3 is 0 Å². The number of hydrogen-bond acceptors (Lipinski definition) is 5. The zero-order valence-corrected chi connectivity index (χ0v) is 12.2. The van der Waals surface area contributed by atoms with Gasteiger partial charge in [0.15, 0.2) is 5.78 Å². The average Bonchev–Trinajstić information content (AvgIpc) is 2.32. The number of nitrogens with one attached hydrogen (secondary N) is 2. The second-order valence-corrected chi connectivity index (χ2v) is 4.47. The van der Waals surface area contributed by atoms with Gasteiger partial charge < -0.3 is 10.6 Å². The van der Waals surface area contributed by atoms with Crippen molar-refractivity contribution in [3.05, 3.63) is 0 Å². The van der Waals surface area contributed by atoms with Gasteiger partial charge in [-0.3, -0.25) is 9.59 Å². The van der Waals surface area contributed by atoms with Gasteiger partial charge in [0, 0.05) is 24.5 Å². The fourth-order valence-electron chi connectivity index (χ4n) is 1.47. The minimum atomic E-state index is -0.355. The summed E-state index contributed by atoms with van der Waals surface area (Å²) in [6.07, 6.45) is 0.216. The summed E-state index contributed by atoms with van der Waals surface area (Å²) in [5.74, 6) is 0.383. The molecule has 0 saturated heterocycles. The first-order valence-electron chi connectivity index (χ1n) is 5.86. The van der Waals surface area contributed by atoms with Crippen LogP contribution in [0.2, 0.25) is 0 Å². The number of carbonyl (C=O) groups is 2. The lowest BCUT2D eigenvalue weighted by Gasteiger charge is -2.18. The molecule has 0 bridgehead atoms. The van der Waals surface area contributed by atoms with Crippen molar-refractivity contribution in [3.8, 4) is 0 Å². The van der Waals surface area contributed by atoms with Crippen molar-refractivity contribution >= 4 is 36.9 Å². The predicted octanol–water partition coefficient (Wildman–Crippen LogP) is 0.536. The zero-order valence-electron chi connectivity index (χ0n) is 10.4. The van der Waals surface area contributed by atoms with E-state index in [0.29, 0.717) is 24.6 Å². The van der Waals surface area contributed by atoms with E-state index in [-0.39, 0.29) is 30.1 Å². The van der Waals surface area contributed by atoms with Crippen molar-refractivity contribution in [2.24, 2.45) is 5.92 Å². The second-order valence-electron chi connectivity index (χ2n) is 3.74. The first-order valence-corrected chi connectivity index (χ1v) is 7.12. The molecule has 2 atom stereocenters. The van der Waals surface area contributed by atoms with Gasteiger partial charge in [0.1, 0.15) is 0 Å². The van der Waals surface area contributed by atoms with Crippen molar-refractivity contribution in [3.63, 3.8) is 0 Å². The molecule has 0 fully saturated rings. The largest absolute Gasteiger partial charge is 0.356 e. The van der Waals surface area contributed by atoms with E-state index in [1.807, 2.05) is 13.8 Å². The van der Waals surface area contributed by atoms with E-state index in [1.54, 1.807) is 0 Å². The Morgan fingerprint density at radius 2 is 1.76 bits per heavy atom. The van der Waals surface area contributed by atoms with E-state index in [2.05, 4.69) is 35.9 Å². The van der Waals surface area contributed by atoms with Crippen molar-refractivity contribution in [2.75, 3.05) is 24.6 Å². The first kappa shape index (κ1) is 16.8. The van der Waals surface area contributed by atoms with Crippen LogP contribution in [0.4, 0.5) is 0 Å². The van der Waals surface area contributed by atoms with Crippen molar-refractivity contribution < 1.29 is 9.59 Å². The molecule has 0 saturated carbocycles. The molecule has 0 aliphatic carbocycles. The summed E-state index contributed by atoms with van der Waals surface area (Å²) in [7, 11) is 0. The summed E-state index contributed by atoms with van der Waals surface area (Å²) in [5, 5.41) is 5.76. The number of carbonyl (C=O) groups excluding carboxylic acids is 2. The molecule has 0 rings (SSSR count). The summed E-state index contributed by atoms with van der Waals surface area (Å²) in [5.41, 5.74) is 0. The van der Waals surface area contributed by atoms with E-state index in [4.69, 9.17) is 0 Å². The lowest BCUT2D eigenvalue weighted by molar-refractivity contribution is -0.129. The van der Waals surface area contributed by atoms with E-state index in [1.165, 1.54) is 0 Å². The quantitative estimate of drug-likeness (QED) is 0.466. The Kier molecular flexibility index (Phi) is 9.68. The molecular weight excluding hydrogens is 256 g/mol. The van der Waals surface area contributed by atoms with Gasteiger partial charge in [0.05, 0.1) is 12.0 Å². The van der Waals surface area contributed by atoms with Crippen LogP contribution >= 0.6 is 25.3 Å². The van der Waals surface area contributed by atoms with Crippen LogP contribution < -0.4 is 10.6 Å². The highest BCUT2D eigenvalue weighted by Gasteiger charge is 2.24. The van der Waals surface area contributed by atoms with Crippen molar-refractivity contribution in [1.82, 2.24) is 10.6 Å². The molecule has 0 radical (unpaired) electrons. The van der Waals surface area contributed by atoms with E-state index in [0.717, 1.165) is 0 Å². The maximum absolute atomic E-state index is 11.9. The van der Waals surface area contributed by atoms with Gasteiger partial charge in [0.2, 0.25) is 5.91 Å². The second kappa shape index (κ2) is 9.79. The Balaban J connectivity index is 4.35. The van der Waals surface area contributed by atoms with Crippen LogP contribution in [0.5, 0.6) is 0 Å². The molecule has 0 heterocycles. The van der Waals surface area contributed by atoms with E-state index >= 15 is 0 Å². The average molecular weight is 278 g/mol. The topological polar surface area (TPSA) is 58.2 Å². The Morgan fingerprint density at radius 3 is 2.18 bits per heavy atom. The van der Waals surface area contributed by atoms with Crippen molar-refractivity contribution in [1.29, 1.82) is 0 Å². The molecule has 1 amide bonds. The molecule has 0 aliphatic rings. The molecule has 17 heavy (non-hydrogen) atoms. The Hall–Kier alpha value is -0.200. The number of likely N-dealkylation sites (N-methyl/N-ethyl adjacent to an activating group) is 1. The smallest absolute Gasteiger partial charge is 0.224 e. The summed E-state index contributed by atoms with van der Waals surface area (Å²) < 4.78 is 0. The highest BCUT2D eigenvalue weighted by molar-refractivity contribution is 7.80. The highest BCUT2D eigenvalue weighted by Crippen LogP contribution is 2.09. The molecule has 100 valence electrons. The normalized spacial score (nSPS) is 14.1. The van der Waals surface area contributed by atoms with Gasteiger partial charge in [-0.2, -0.15) is 25.3 Å². The third-order valence-corrected chi connectivity index (χ3v) is 3.22. The molecule has 0 aliphatic heterocycles. The van der Waals surface area contributed by atoms with Crippen LogP contribution in [0.15, 0.2) is 0 Å². The fraction of sp³-hybridized carbons (Fsp3) is 0.818. The summed E-state index contributed by atoms with van der Waals surface area (Å²) >= 11 is 8.25. The number of amides is 1. The van der Waals surface area contributed by atoms with Crippen molar-refractivity contribution in [2.45, 2.75) is 26.3 Å². The molecule has 0 unspecified atom stereocenters. The molecule has 0 aromatic rings. The Labute approximate surface area is 114 Å². The first-order chi connectivity index (χ1) is 8.10. The predicted molar refractivity (Wildman–Crippen MR) is 77.0 cm³/mol. The van der Waals surface area contributed by atoms with Crippen LogP contribution in [-0.2, 0) is 9.59 Å². The monoisotopic (exact) mass is 278 g/mol. The third kappa shape index (κ3) is 6.33. The van der Waals surface area contributed by atoms with E-state index in [9.17, 15) is 9.59 Å². The maximum Gasteiger partial charge on any atom is 0.224 e. The molecule has 6 heteroatoms. The number of thiol groups is 2. The maximum atomic E-state index is 11.9. The minimum Gasteiger partial charge on any atom is -0.356 e. The number of ketones is 1. The van der Waals surface area contributed by atoms with Crippen LogP contribution in [0.25, 0.3) is 0 Å². The Bertz CT molecular complexity index is 250. The van der Waals surface area contributed by atoms with Crippen LogP contribution in [0, 0.1) is 5.92 Å². The molecular formula is C11H22N2O2S2. The SMILES string of the molecule is CCNC(=O)[C@H](CS)CC(=O)[C@H](CS)NCC. The Morgan fingerprint density at radius 1 is 1.12 bits per heavy atom. The van der Waals surface area contributed by atoms with Gasteiger partial charge in [-0.15, -0.1) is 0 Å². The van der Waals surface area contributed by atoms with Crippen LogP contribution in [0.1, 0.15) is 20.3 Å². The van der Waals surface area contributed by atoms with E-state index < -0.39 is 0 Å². The summed E-state index contributed by atoms with van der Waals surface area (Å²) in [6.45, 7) is 5.07. The minimum absolute atomic E-state index is 0.0205. The molecule has 0 spiro atoms.